The molecule has 0 spiro atoms. The van der Waals surface area contributed by atoms with Gasteiger partial charge in [-0.1, -0.05) is 43.7 Å². The summed E-state index contributed by atoms with van der Waals surface area (Å²) in [5.41, 5.74) is 0.797. The van der Waals surface area contributed by atoms with Crippen molar-refractivity contribution in [3.8, 4) is 0 Å². The fourth-order valence-corrected chi connectivity index (χ4v) is 1.94. The number of hydrogen-bond acceptors (Lipinski definition) is 2. The highest BCUT2D eigenvalue weighted by Crippen LogP contribution is 2.49. The van der Waals surface area contributed by atoms with E-state index in [1.54, 1.807) is 0 Å². The maximum Gasteiger partial charge on any atom is 0.316 e. The van der Waals surface area contributed by atoms with Crippen LogP contribution in [0.1, 0.15) is 38.2 Å². The number of carbonyl (C=O) groups is 1. The van der Waals surface area contributed by atoms with Crippen molar-refractivity contribution >= 4 is 5.97 Å². The van der Waals surface area contributed by atoms with Crippen molar-refractivity contribution in [3.05, 3.63) is 35.9 Å². The van der Waals surface area contributed by atoms with E-state index in [1.807, 2.05) is 30.3 Å². The van der Waals surface area contributed by atoms with Gasteiger partial charge in [-0.25, -0.2) is 0 Å². The maximum absolute atomic E-state index is 12.0. The molecule has 2 heteroatoms. The Balaban J connectivity index is 2.00. The lowest BCUT2D eigenvalue weighted by Gasteiger charge is -2.14. The van der Waals surface area contributed by atoms with Crippen LogP contribution in [0.3, 0.4) is 0 Å². The van der Waals surface area contributed by atoms with E-state index in [4.69, 9.17) is 4.74 Å². The highest BCUT2D eigenvalue weighted by Gasteiger charge is 2.52. The number of benzene rings is 1. The highest BCUT2D eigenvalue weighted by molar-refractivity contribution is 5.86. The molecular formula is C14H18O2. The van der Waals surface area contributed by atoms with Gasteiger partial charge in [0.05, 0.1) is 12.0 Å². The molecule has 16 heavy (non-hydrogen) atoms. The Hall–Kier alpha value is -1.31. The van der Waals surface area contributed by atoms with Crippen molar-refractivity contribution in [1.29, 1.82) is 0 Å². The van der Waals surface area contributed by atoms with Crippen LogP contribution >= 0.6 is 0 Å². The van der Waals surface area contributed by atoms with Crippen LogP contribution in [0.4, 0.5) is 0 Å². The molecule has 0 saturated heterocycles. The van der Waals surface area contributed by atoms with Gasteiger partial charge in [0.15, 0.2) is 0 Å². The molecule has 0 aliphatic heterocycles. The van der Waals surface area contributed by atoms with Gasteiger partial charge in [0.25, 0.3) is 0 Å². The first-order chi connectivity index (χ1) is 7.79. The van der Waals surface area contributed by atoms with E-state index in [2.05, 4.69) is 6.92 Å². The summed E-state index contributed by atoms with van der Waals surface area (Å²) in [6.07, 6.45) is 3.88. The van der Waals surface area contributed by atoms with Crippen LogP contribution in [0.15, 0.2) is 30.3 Å². The molecule has 1 fully saturated rings. The largest absolute Gasteiger partial charge is 0.465 e. The Kier molecular flexibility index (Phi) is 3.28. The third-order valence-corrected chi connectivity index (χ3v) is 3.20. The second kappa shape index (κ2) is 4.69. The summed E-state index contributed by atoms with van der Waals surface area (Å²) in [7, 11) is 0. The Labute approximate surface area is 96.6 Å². The Morgan fingerprint density at radius 2 is 2.00 bits per heavy atom. The van der Waals surface area contributed by atoms with Crippen molar-refractivity contribution in [1.82, 2.24) is 0 Å². The highest BCUT2D eigenvalue weighted by atomic mass is 16.5. The molecule has 0 atom stereocenters. The normalized spacial score (nSPS) is 16.8. The Morgan fingerprint density at radius 3 is 2.56 bits per heavy atom. The van der Waals surface area contributed by atoms with Crippen LogP contribution in [0.5, 0.6) is 0 Å². The van der Waals surface area contributed by atoms with Crippen molar-refractivity contribution in [3.63, 3.8) is 0 Å². The number of ether oxygens (including phenoxy) is 1. The molecule has 2 nitrogen and oxygen atoms in total. The van der Waals surface area contributed by atoms with Gasteiger partial charge in [-0.15, -0.1) is 0 Å². The van der Waals surface area contributed by atoms with Crippen LogP contribution in [0, 0.1) is 0 Å². The zero-order valence-corrected chi connectivity index (χ0v) is 9.74. The lowest BCUT2D eigenvalue weighted by atomic mass is 9.96. The quantitative estimate of drug-likeness (QED) is 0.561. The third kappa shape index (κ3) is 2.11. The van der Waals surface area contributed by atoms with Crippen LogP contribution in [-0.4, -0.2) is 12.6 Å². The molecule has 1 saturated carbocycles. The molecule has 0 bridgehead atoms. The van der Waals surface area contributed by atoms with E-state index < -0.39 is 0 Å². The summed E-state index contributed by atoms with van der Waals surface area (Å²) < 4.78 is 5.33. The molecule has 0 radical (unpaired) electrons. The van der Waals surface area contributed by atoms with E-state index >= 15 is 0 Å². The van der Waals surface area contributed by atoms with Crippen LogP contribution in [0.2, 0.25) is 0 Å². The van der Waals surface area contributed by atoms with Gasteiger partial charge in [0.2, 0.25) is 0 Å². The molecule has 0 N–H and O–H groups in total. The molecule has 0 amide bonds. The fraction of sp³-hybridized carbons (Fsp3) is 0.500. The summed E-state index contributed by atoms with van der Waals surface area (Å²) in [6, 6.07) is 9.98. The minimum absolute atomic E-state index is 0.0350. The average Bonchev–Trinajstić information content (AvgIpc) is 3.12. The van der Waals surface area contributed by atoms with Gasteiger partial charge in [0.1, 0.15) is 0 Å². The standard InChI is InChI=1S/C14H18O2/c1-2-3-11-16-13(15)14(9-10-14)12-7-5-4-6-8-12/h4-8H,2-3,9-11H2,1H3. The number of carbonyl (C=O) groups excluding carboxylic acids is 1. The molecular weight excluding hydrogens is 200 g/mol. The van der Waals surface area contributed by atoms with Crippen LogP contribution in [-0.2, 0) is 14.9 Å². The number of esters is 1. The van der Waals surface area contributed by atoms with E-state index in [0.29, 0.717) is 6.61 Å². The second-order valence-electron chi connectivity index (χ2n) is 4.44. The molecule has 0 aromatic heterocycles. The summed E-state index contributed by atoms with van der Waals surface area (Å²) in [5.74, 6) is -0.0350. The van der Waals surface area contributed by atoms with Gasteiger partial charge >= 0.3 is 5.97 Å². The third-order valence-electron chi connectivity index (χ3n) is 3.20. The smallest absolute Gasteiger partial charge is 0.316 e. The molecule has 1 aromatic rings. The van der Waals surface area contributed by atoms with E-state index in [9.17, 15) is 4.79 Å². The van der Waals surface area contributed by atoms with Crippen LogP contribution < -0.4 is 0 Å². The monoisotopic (exact) mass is 218 g/mol. The predicted molar refractivity (Wildman–Crippen MR) is 63.2 cm³/mol. The molecule has 1 aromatic carbocycles. The summed E-state index contributed by atoms with van der Waals surface area (Å²) in [4.78, 5) is 12.0. The predicted octanol–water partition coefficient (Wildman–Crippen LogP) is 3.06. The van der Waals surface area contributed by atoms with Gasteiger partial charge in [0, 0.05) is 0 Å². The van der Waals surface area contributed by atoms with Crippen molar-refractivity contribution in [2.75, 3.05) is 6.61 Å². The molecule has 0 unspecified atom stereocenters. The lowest BCUT2D eigenvalue weighted by Crippen LogP contribution is -2.23. The number of hydrogen-bond donors (Lipinski definition) is 0. The maximum atomic E-state index is 12.0. The first-order valence-corrected chi connectivity index (χ1v) is 6.02. The number of rotatable bonds is 5. The van der Waals surface area contributed by atoms with Gasteiger partial charge in [-0.2, -0.15) is 0 Å². The average molecular weight is 218 g/mol. The Morgan fingerprint density at radius 1 is 1.31 bits per heavy atom. The summed E-state index contributed by atoms with van der Waals surface area (Å²) in [5, 5.41) is 0. The van der Waals surface area contributed by atoms with E-state index in [1.165, 1.54) is 0 Å². The summed E-state index contributed by atoms with van der Waals surface area (Å²) >= 11 is 0. The van der Waals surface area contributed by atoms with Gasteiger partial charge < -0.3 is 4.74 Å². The molecule has 1 aliphatic rings. The van der Waals surface area contributed by atoms with E-state index in [-0.39, 0.29) is 11.4 Å². The zero-order chi connectivity index (χ0) is 11.4. The summed E-state index contributed by atoms with van der Waals surface area (Å²) in [6.45, 7) is 2.65. The van der Waals surface area contributed by atoms with Crippen molar-refractivity contribution in [2.45, 2.75) is 38.0 Å². The molecule has 0 heterocycles. The first kappa shape index (κ1) is 11.2. The molecule has 2 rings (SSSR count). The number of unbranched alkanes of at least 4 members (excludes halogenated alkanes) is 1. The molecule has 86 valence electrons. The van der Waals surface area contributed by atoms with Gasteiger partial charge in [-0.05, 0) is 24.8 Å². The first-order valence-electron chi connectivity index (χ1n) is 6.02. The van der Waals surface area contributed by atoms with Crippen molar-refractivity contribution in [2.24, 2.45) is 0 Å². The topological polar surface area (TPSA) is 26.3 Å². The molecule has 1 aliphatic carbocycles. The second-order valence-corrected chi connectivity index (χ2v) is 4.44. The zero-order valence-electron chi connectivity index (χ0n) is 9.74. The SMILES string of the molecule is CCCCOC(=O)C1(c2ccccc2)CC1. The fourth-order valence-electron chi connectivity index (χ4n) is 1.94. The van der Waals surface area contributed by atoms with Crippen molar-refractivity contribution < 1.29 is 9.53 Å². The van der Waals surface area contributed by atoms with E-state index in [0.717, 1.165) is 31.2 Å². The van der Waals surface area contributed by atoms with Crippen LogP contribution in [0.25, 0.3) is 0 Å². The Bertz CT molecular complexity index is 352. The lowest BCUT2D eigenvalue weighted by molar-refractivity contribution is -0.146. The van der Waals surface area contributed by atoms with Gasteiger partial charge in [-0.3, -0.25) is 4.79 Å². The minimum Gasteiger partial charge on any atom is -0.465 e. The minimum atomic E-state index is -0.311.